The number of methoxy groups -OCH3 is 5. The summed E-state index contributed by atoms with van der Waals surface area (Å²) in [6, 6.07) is 6.39. The van der Waals surface area contributed by atoms with Crippen LogP contribution in [-0.4, -0.2) is 35.5 Å². The molecule has 0 amide bonds. The summed E-state index contributed by atoms with van der Waals surface area (Å²) < 4.78 is 33.6. The first-order valence-electron chi connectivity index (χ1n) is 8.18. The van der Waals surface area contributed by atoms with Gasteiger partial charge in [-0.15, -0.1) is 0 Å². The van der Waals surface area contributed by atoms with Gasteiger partial charge in [0.05, 0.1) is 45.4 Å². The van der Waals surface area contributed by atoms with Crippen LogP contribution in [0, 0.1) is 0 Å². The smallest absolute Gasteiger partial charge is 0.204 e. The lowest BCUT2D eigenvalue weighted by Gasteiger charge is -2.17. The van der Waals surface area contributed by atoms with E-state index in [0.29, 0.717) is 49.9 Å². The van der Waals surface area contributed by atoms with Gasteiger partial charge in [0.25, 0.3) is 0 Å². The summed E-state index contributed by atoms with van der Waals surface area (Å²) in [5.74, 6) is 2.36. The molecule has 2 aromatic carbocycles. The van der Waals surface area contributed by atoms with Gasteiger partial charge in [-0.3, -0.25) is 4.79 Å². The average molecular weight is 451 g/mol. The van der Waals surface area contributed by atoms with Crippen LogP contribution in [0.1, 0.15) is 0 Å². The average Bonchev–Trinajstić information content (AvgIpc) is 2.72. The summed E-state index contributed by atoms with van der Waals surface area (Å²) >= 11 is 3.51. The molecule has 3 aromatic rings. The predicted octanol–water partition coefficient (Wildman–Crippen LogP) is 4.27. The summed E-state index contributed by atoms with van der Waals surface area (Å²) in [4.78, 5) is 12.7. The Morgan fingerprint density at radius 1 is 0.786 bits per heavy atom. The van der Waals surface area contributed by atoms with Crippen molar-refractivity contribution in [2.75, 3.05) is 35.5 Å². The minimum atomic E-state index is -0.224. The predicted molar refractivity (Wildman–Crippen MR) is 108 cm³/mol. The Balaban J connectivity index is 2.37. The molecule has 3 rings (SSSR count). The van der Waals surface area contributed by atoms with Crippen molar-refractivity contribution >= 4 is 26.9 Å². The van der Waals surface area contributed by atoms with Crippen LogP contribution in [-0.2, 0) is 0 Å². The normalized spacial score (nSPS) is 10.6. The number of ether oxygens (including phenoxy) is 5. The van der Waals surface area contributed by atoms with E-state index in [-0.39, 0.29) is 11.0 Å². The molecule has 0 aliphatic rings. The Hall–Kier alpha value is -2.87. The molecule has 0 saturated carbocycles. The van der Waals surface area contributed by atoms with E-state index in [2.05, 4.69) is 15.9 Å². The molecule has 0 unspecified atom stereocenters. The van der Waals surface area contributed by atoms with E-state index in [9.17, 15) is 4.79 Å². The fourth-order valence-corrected chi connectivity index (χ4v) is 3.62. The Kier molecular flexibility index (Phi) is 5.69. The van der Waals surface area contributed by atoms with E-state index < -0.39 is 0 Å². The summed E-state index contributed by atoms with van der Waals surface area (Å²) in [5.41, 5.74) is 0.612. The molecule has 0 atom stereocenters. The van der Waals surface area contributed by atoms with Gasteiger partial charge in [-0.05, 0) is 34.1 Å². The van der Waals surface area contributed by atoms with Gasteiger partial charge in [-0.2, -0.15) is 0 Å². The molecule has 8 heteroatoms. The largest absolute Gasteiger partial charge is 0.493 e. The third-order valence-electron chi connectivity index (χ3n) is 4.27. The van der Waals surface area contributed by atoms with Gasteiger partial charge >= 0.3 is 0 Å². The number of halogens is 1. The highest BCUT2D eigenvalue weighted by Gasteiger charge is 2.23. The van der Waals surface area contributed by atoms with Gasteiger partial charge in [-0.25, -0.2) is 0 Å². The quantitative estimate of drug-likeness (QED) is 0.554. The molecular weight excluding hydrogens is 432 g/mol. The van der Waals surface area contributed by atoms with Gasteiger partial charge < -0.3 is 28.1 Å². The third kappa shape index (κ3) is 3.13. The van der Waals surface area contributed by atoms with Crippen molar-refractivity contribution in [2.24, 2.45) is 0 Å². The Morgan fingerprint density at radius 3 is 2.00 bits per heavy atom. The lowest BCUT2D eigenvalue weighted by atomic mass is 10.1. The van der Waals surface area contributed by atoms with E-state index >= 15 is 0 Å². The molecule has 7 nitrogen and oxygen atoms in total. The lowest BCUT2D eigenvalue weighted by molar-refractivity contribution is 0.323. The molecule has 0 radical (unpaired) electrons. The SMILES string of the molecule is COc1cc(-c2cc(=O)c3ccc(OC)c(OC)c3o2)c(Br)c(OC)c1OC. The van der Waals surface area contributed by atoms with Crippen molar-refractivity contribution in [3.05, 3.63) is 39.0 Å². The van der Waals surface area contributed by atoms with Crippen LogP contribution in [0.15, 0.2) is 37.9 Å². The van der Waals surface area contributed by atoms with E-state index in [1.54, 1.807) is 18.2 Å². The summed E-state index contributed by atoms with van der Waals surface area (Å²) in [6.07, 6.45) is 0. The number of hydrogen-bond acceptors (Lipinski definition) is 7. The second kappa shape index (κ2) is 8.02. The van der Waals surface area contributed by atoms with Crippen molar-refractivity contribution in [1.29, 1.82) is 0 Å². The standard InChI is InChI=1S/C20H19BrO7/c1-23-13-7-6-10-12(22)9-14(28-17(10)18(13)25-3)11-8-15(24-2)19(26-4)20(27-5)16(11)21/h6-9H,1-5H3. The number of rotatable bonds is 6. The minimum absolute atomic E-state index is 0.224. The molecule has 1 heterocycles. The van der Waals surface area contributed by atoms with Crippen LogP contribution in [0.2, 0.25) is 0 Å². The first-order chi connectivity index (χ1) is 13.5. The third-order valence-corrected chi connectivity index (χ3v) is 5.06. The summed E-state index contributed by atoms with van der Waals surface area (Å²) in [5, 5.41) is 0.380. The van der Waals surface area contributed by atoms with Crippen molar-refractivity contribution < 1.29 is 28.1 Å². The summed E-state index contributed by atoms with van der Waals surface area (Å²) in [7, 11) is 7.54. The zero-order valence-electron chi connectivity index (χ0n) is 16.0. The second-order valence-corrected chi connectivity index (χ2v) is 6.45. The maximum atomic E-state index is 12.7. The number of hydrogen-bond donors (Lipinski definition) is 0. The van der Waals surface area contributed by atoms with E-state index in [0.717, 1.165) is 0 Å². The zero-order chi connectivity index (χ0) is 20.4. The summed E-state index contributed by atoms with van der Waals surface area (Å²) in [6.45, 7) is 0. The van der Waals surface area contributed by atoms with Gasteiger partial charge in [0.15, 0.2) is 28.3 Å². The van der Waals surface area contributed by atoms with E-state index in [1.807, 2.05) is 0 Å². The topological polar surface area (TPSA) is 76.4 Å². The van der Waals surface area contributed by atoms with Gasteiger partial charge in [0.1, 0.15) is 5.76 Å². The Morgan fingerprint density at radius 2 is 1.43 bits per heavy atom. The van der Waals surface area contributed by atoms with Crippen LogP contribution in [0.25, 0.3) is 22.3 Å². The number of benzene rings is 2. The van der Waals surface area contributed by atoms with Crippen molar-refractivity contribution in [1.82, 2.24) is 0 Å². The van der Waals surface area contributed by atoms with Crippen LogP contribution in [0.4, 0.5) is 0 Å². The van der Waals surface area contributed by atoms with Gasteiger partial charge in [-0.1, -0.05) is 0 Å². The molecule has 148 valence electrons. The van der Waals surface area contributed by atoms with Crippen LogP contribution >= 0.6 is 15.9 Å². The van der Waals surface area contributed by atoms with Crippen molar-refractivity contribution in [2.45, 2.75) is 0 Å². The van der Waals surface area contributed by atoms with Gasteiger partial charge in [0, 0.05) is 11.6 Å². The fourth-order valence-electron chi connectivity index (χ4n) is 2.96. The lowest BCUT2D eigenvalue weighted by Crippen LogP contribution is -2.03. The fraction of sp³-hybridized carbons (Fsp3) is 0.250. The highest BCUT2D eigenvalue weighted by Crippen LogP contribution is 2.48. The van der Waals surface area contributed by atoms with Crippen LogP contribution in [0.3, 0.4) is 0 Å². The molecule has 0 saturated heterocycles. The van der Waals surface area contributed by atoms with Crippen molar-refractivity contribution in [3.8, 4) is 40.1 Å². The van der Waals surface area contributed by atoms with Crippen LogP contribution in [0.5, 0.6) is 28.7 Å². The maximum absolute atomic E-state index is 12.7. The molecule has 0 aliphatic carbocycles. The molecule has 28 heavy (non-hydrogen) atoms. The monoisotopic (exact) mass is 450 g/mol. The molecule has 0 spiro atoms. The molecule has 1 aromatic heterocycles. The van der Waals surface area contributed by atoms with E-state index in [1.165, 1.54) is 41.6 Å². The first-order valence-corrected chi connectivity index (χ1v) is 8.97. The van der Waals surface area contributed by atoms with Crippen LogP contribution < -0.4 is 29.1 Å². The first kappa shape index (κ1) is 19.9. The minimum Gasteiger partial charge on any atom is -0.493 e. The maximum Gasteiger partial charge on any atom is 0.204 e. The molecule has 0 aliphatic heterocycles. The zero-order valence-corrected chi connectivity index (χ0v) is 17.6. The molecule has 0 fully saturated rings. The Labute approximate surface area is 169 Å². The van der Waals surface area contributed by atoms with Crippen molar-refractivity contribution in [3.63, 3.8) is 0 Å². The molecule has 0 bridgehead atoms. The molecular formula is C20H19BrO7. The van der Waals surface area contributed by atoms with Gasteiger partial charge in [0.2, 0.25) is 11.5 Å². The highest BCUT2D eigenvalue weighted by atomic mass is 79.9. The second-order valence-electron chi connectivity index (χ2n) is 5.66. The highest BCUT2D eigenvalue weighted by molar-refractivity contribution is 9.10. The Bertz CT molecular complexity index is 1090. The van der Waals surface area contributed by atoms with E-state index in [4.69, 9.17) is 28.1 Å². The molecule has 0 N–H and O–H groups in total. The number of fused-ring (bicyclic) bond motifs is 1.